The first-order valence-electron chi connectivity index (χ1n) is 6.78. The highest BCUT2D eigenvalue weighted by Gasteiger charge is 2.23. The fourth-order valence-corrected chi connectivity index (χ4v) is 3.57. The summed E-state index contributed by atoms with van der Waals surface area (Å²) in [6, 6.07) is 15.7. The SMILES string of the molecule is O=C(c1ccc(F)cc1)c1cccn1S(=O)(=O)c1ccccc1. The minimum Gasteiger partial charge on any atom is -0.287 e. The van der Waals surface area contributed by atoms with Crippen LogP contribution in [0.3, 0.4) is 0 Å². The van der Waals surface area contributed by atoms with Crippen LogP contribution in [-0.4, -0.2) is 18.2 Å². The third-order valence-corrected chi connectivity index (χ3v) is 5.06. The standard InChI is InChI=1S/C17H12FNO3S/c18-14-10-8-13(9-11-14)17(20)16-7-4-12-19(16)23(21,22)15-5-2-1-3-6-15/h1-12H. The summed E-state index contributed by atoms with van der Waals surface area (Å²) in [5.74, 6) is -0.955. The Balaban J connectivity index is 2.06. The Hall–Kier alpha value is -2.73. The van der Waals surface area contributed by atoms with Gasteiger partial charge in [0.1, 0.15) is 11.5 Å². The first-order valence-corrected chi connectivity index (χ1v) is 8.22. The summed E-state index contributed by atoms with van der Waals surface area (Å²) in [6.07, 6.45) is 1.32. The molecule has 0 saturated heterocycles. The number of rotatable bonds is 4. The molecule has 0 aliphatic rings. The van der Waals surface area contributed by atoms with Crippen LogP contribution in [0.25, 0.3) is 0 Å². The molecule has 6 heteroatoms. The highest BCUT2D eigenvalue weighted by Crippen LogP contribution is 2.19. The number of hydrogen-bond donors (Lipinski definition) is 0. The predicted octanol–water partition coefficient (Wildman–Crippen LogP) is 3.10. The van der Waals surface area contributed by atoms with E-state index in [9.17, 15) is 17.6 Å². The van der Waals surface area contributed by atoms with Gasteiger partial charge in [-0.15, -0.1) is 0 Å². The molecule has 0 fully saturated rings. The van der Waals surface area contributed by atoms with Crippen LogP contribution in [0.1, 0.15) is 16.1 Å². The molecular weight excluding hydrogens is 317 g/mol. The highest BCUT2D eigenvalue weighted by atomic mass is 32.2. The molecule has 3 aromatic rings. The van der Waals surface area contributed by atoms with Crippen LogP contribution in [0.5, 0.6) is 0 Å². The second-order valence-corrected chi connectivity index (χ2v) is 6.66. The van der Waals surface area contributed by atoms with Gasteiger partial charge in [-0.1, -0.05) is 18.2 Å². The van der Waals surface area contributed by atoms with E-state index in [2.05, 4.69) is 0 Å². The van der Waals surface area contributed by atoms with Crippen LogP contribution >= 0.6 is 0 Å². The van der Waals surface area contributed by atoms with Gasteiger partial charge in [-0.25, -0.2) is 16.8 Å². The van der Waals surface area contributed by atoms with E-state index in [1.54, 1.807) is 18.2 Å². The Kier molecular flexibility index (Phi) is 3.83. The number of nitrogens with zero attached hydrogens (tertiary/aromatic N) is 1. The number of carbonyl (C=O) groups is 1. The molecule has 0 aliphatic carbocycles. The average Bonchev–Trinajstić information content (AvgIpc) is 3.06. The maximum absolute atomic E-state index is 13.0. The topological polar surface area (TPSA) is 56.1 Å². The zero-order chi connectivity index (χ0) is 16.4. The van der Waals surface area contributed by atoms with Crippen LogP contribution in [0, 0.1) is 5.82 Å². The van der Waals surface area contributed by atoms with Gasteiger partial charge in [0.15, 0.2) is 0 Å². The number of ketones is 1. The predicted molar refractivity (Wildman–Crippen MR) is 83.3 cm³/mol. The highest BCUT2D eigenvalue weighted by molar-refractivity contribution is 7.90. The Morgan fingerprint density at radius 3 is 2.17 bits per heavy atom. The molecule has 4 nitrogen and oxygen atoms in total. The first kappa shape index (κ1) is 15.2. The van der Waals surface area contributed by atoms with Gasteiger partial charge in [0.05, 0.1) is 4.90 Å². The fourth-order valence-electron chi connectivity index (χ4n) is 2.21. The molecule has 23 heavy (non-hydrogen) atoms. The molecule has 0 aliphatic heterocycles. The van der Waals surface area contributed by atoms with Crippen molar-refractivity contribution in [2.45, 2.75) is 4.90 Å². The van der Waals surface area contributed by atoms with Crippen molar-refractivity contribution < 1.29 is 17.6 Å². The van der Waals surface area contributed by atoms with Gasteiger partial charge in [-0.2, -0.15) is 0 Å². The van der Waals surface area contributed by atoms with Crippen molar-refractivity contribution in [1.29, 1.82) is 0 Å². The molecule has 0 N–H and O–H groups in total. The second kappa shape index (κ2) is 5.81. The smallest absolute Gasteiger partial charge is 0.268 e. The molecule has 0 saturated carbocycles. The third-order valence-electron chi connectivity index (χ3n) is 3.35. The maximum Gasteiger partial charge on any atom is 0.268 e. The monoisotopic (exact) mass is 329 g/mol. The van der Waals surface area contributed by atoms with Crippen LogP contribution in [-0.2, 0) is 10.0 Å². The summed E-state index contributed by atoms with van der Waals surface area (Å²) < 4.78 is 39.2. The molecule has 116 valence electrons. The molecule has 0 radical (unpaired) electrons. The Morgan fingerprint density at radius 1 is 0.870 bits per heavy atom. The lowest BCUT2D eigenvalue weighted by atomic mass is 10.1. The van der Waals surface area contributed by atoms with Gasteiger partial charge in [-0.05, 0) is 48.5 Å². The van der Waals surface area contributed by atoms with Crippen molar-refractivity contribution in [2.75, 3.05) is 0 Å². The van der Waals surface area contributed by atoms with Crippen molar-refractivity contribution >= 4 is 15.8 Å². The van der Waals surface area contributed by atoms with E-state index < -0.39 is 21.6 Å². The second-order valence-electron chi connectivity index (χ2n) is 4.84. The van der Waals surface area contributed by atoms with Crippen molar-refractivity contribution in [3.05, 3.63) is 90.0 Å². The number of aromatic nitrogens is 1. The molecule has 3 rings (SSSR count). The summed E-state index contributed by atoms with van der Waals surface area (Å²) in [5, 5.41) is 0. The van der Waals surface area contributed by atoms with Gasteiger partial charge < -0.3 is 0 Å². The van der Waals surface area contributed by atoms with E-state index in [1.165, 1.54) is 42.6 Å². The van der Waals surface area contributed by atoms with Gasteiger partial charge in [0.2, 0.25) is 5.78 Å². The Morgan fingerprint density at radius 2 is 1.52 bits per heavy atom. The van der Waals surface area contributed by atoms with Crippen molar-refractivity contribution in [2.24, 2.45) is 0 Å². The van der Waals surface area contributed by atoms with Crippen molar-refractivity contribution in [3.8, 4) is 0 Å². The van der Waals surface area contributed by atoms with Crippen LogP contribution in [0.4, 0.5) is 4.39 Å². The summed E-state index contributed by atoms with van der Waals surface area (Å²) in [5.41, 5.74) is 0.218. The van der Waals surface area contributed by atoms with Crippen LogP contribution in [0.2, 0.25) is 0 Å². The minimum atomic E-state index is -3.87. The molecule has 0 bridgehead atoms. The van der Waals surface area contributed by atoms with Crippen LogP contribution in [0.15, 0.2) is 77.8 Å². The summed E-state index contributed by atoms with van der Waals surface area (Å²) in [7, 11) is -3.87. The summed E-state index contributed by atoms with van der Waals surface area (Å²) in [6.45, 7) is 0. The molecule has 2 aromatic carbocycles. The van der Waals surface area contributed by atoms with Crippen molar-refractivity contribution in [1.82, 2.24) is 3.97 Å². The van der Waals surface area contributed by atoms with Gasteiger partial charge in [0, 0.05) is 11.8 Å². The van der Waals surface area contributed by atoms with Crippen LogP contribution < -0.4 is 0 Å². The molecule has 1 heterocycles. The zero-order valence-electron chi connectivity index (χ0n) is 11.9. The van der Waals surface area contributed by atoms with E-state index in [0.717, 1.165) is 16.1 Å². The molecule has 0 atom stereocenters. The minimum absolute atomic E-state index is 0.000427. The largest absolute Gasteiger partial charge is 0.287 e. The fraction of sp³-hybridized carbons (Fsp3) is 0. The quantitative estimate of drug-likeness (QED) is 0.691. The van der Waals surface area contributed by atoms with E-state index in [4.69, 9.17) is 0 Å². The molecule has 0 spiro atoms. The molecule has 1 aromatic heterocycles. The van der Waals surface area contributed by atoms with Gasteiger partial charge >= 0.3 is 0 Å². The Labute approximate surface area is 132 Å². The molecular formula is C17H12FNO3S. The zero-order valence-corrected chi connectivity index (χ0v) is 12.7. The number of benzene rings is 2. The number of hydrogen-bond acceptors (Lipinski definition) is 3. The van der Waals surface area contributed by atoms with E-state index in [-0.39, 0.29) is 16.2 Å². The number of carbonyl (C=O) groups excluding carboxylic acids is 1. The lowest BCUT2D eigenvalue weighted by Crippen LogP contribution is -2.18. The van der Waals surface area contributed by atoms with E-state index in [1.807, 2.05) is 0 Å². The molecule has 0 unspecified atom stereocenters. The normalized spacial score (nSPS) is 11.3. The molecule has 0 amide bonds. The van der Waals surface area contributed by atoms with E-state index in [0.29, 0.717) is 0 Å². The number of halogens is 1. The Bertz CT molecular complexity index is 945. The first-order chi connectivity index (χ1) is 11.0. The average molecular weight is 329 g/mol. The summed E-state index contributed by atoms with van der Waals surface area (Å²) in [4.78, 5) is 12.6. The van der Waals surface area contributed by atoms with Crippen molar-refractivity contribution in [3.63, 3.8) is 0 Å². The third kappa shape index (κ3) is 2.80. The van der Waals surface area contributed by atoms with E-state index >= 15 is 0 Å². The van der Waals surface area contributed by atoms with Gasteiger partial charge in [0.25, 0.3) is 10.0 Å². The maximum atomic E-state index is 13.0. The lowest BCUT2D eigenvalue weighted by Gasteiger charge is -2.10. The lowest BCUT2D eigenvalue weighted by molar-refractivity contribution is 0.103. The van der Waals surface area contributed by atoms with Gasteiger partial charge in [-0.3, -0.25) is 4.79 Å². The summed E-state index contributed by atoms with van der Waals surface area (Å²) >= 11 is 0.